The molecule has 8 nitrogen and oxygen atoms in total. The quantitative estimate of drug-likeness (QED) is 0.746. The van der Waals surface area contributed by atoms with Crippen LogP contribution in [0.15, 0.2) is 47.4 Å². The van der Waals surface area contributed by atoms with E-state index in [0.29, 0.717) is 13.1 Å². The molecule has 0 bridgehead atoms. The van der Waals surface area contributed by atoms with Crippen LogP contribution in [-0.4, -0.2) is 50.5 Å². The summed E-state index contributed by atoms with van der Waals surface area (Å²) in [4.78, 5) is 25.4. The Balaban J connectivity index is 1.94. The van der Waals surface area contributed by atoms with Crippen molar-refractivity contribution in [2.75, 3.05) is 24.9 Å². The van der Waals surface area contributed by atoms with Crippen molar-refractivity contribution in [1.29, 1.82) is 0 Å². The van der Waals surface area contributed by atoms with Crippen LogP contribution in [0.4, 0.5) is 5.69 Å². The van der Waals surface area contributed by atoms with Gasteiger partial charge in [-0.25, -0.2) is 13.2 Å². The second-order valence-corrected chi connectivity index (χ2v) is 8.36. The van der Waals surface area contributed by atoms with Crippen molar-refractivity contribution in [3.05, 3.63) is 53.6 Å². The van der Waals surface area contributed by atoms with Gasteiger partial charge < -0.3 is 14.7 Å². The molecule has 1 amide bonds. The van der Waals surface area contributed by atoms with Crippen LogP contribution in [0, 0.1) is 0 Å². The number of hydrogen-bond donors (Lipinski definition) is 2. The zero-order chi connectivity index (χ0) is 21.0. The first-order valence-electron chi connectivity index (χ1n) is 9.15. The number of carbonyl (C=O) groups is 2. The summed E-state index contributed by atoms with van der Waals surface area (Å²) >= 11 is 0. The number of rotatable bonds is 6. The maximum absolute atomic E-state index is 13.0. The molecule has 0 unspecified atom stereocenters. The number of methoxy groups -OCH3 is 1. The number of carboxylic acids is 1. The lowest BCUT2D eigenvalue weighted by Crippen LogP contribution is -2.35. The Morgan fingerprint density at radius 2 is 1.76 bits per heavy atom. The first kappa shape index (κ1) is 20.7. The van der Waals surface area contributed by atoms with Gasteiger partial charge in [-0.1, -0.05) is 6.07 Å². The number of likely N-dealkylation sites (tertiary alicyclic amines) is 1. The van der Waals surface area contributed by atoms with Crippen LogP contribution in [0.3, 0.4) is 0 Å². The summed E-state index contributed by atoms with van der Waals surface area (Å²) in [6.45, 7) is 1.29. The van der Waals surface area contributed by atoms with Gasteiger partial charge in [0.15, 0.2) is 0 Å². The van der Waals surface area contributed by atoms with Crippen LogP contribution in [0.2, 0.25) is 0 Å². The average Bonchev–Trinajstić information content (AvgIpc) is 2.73. The molecule has 9 heteroatoms. The highest BCUT2D eigenvalue weighted by Crippen LogP contribution is 2.28. The number of aromatic carboxylic acids is 1. The first-order valence-corrected chi connectivity index (χ1v) is 10.6. The summed E-state index contributed by atoms with van der Waals surface area (Å²) in [5, 5.41) is 9.09. The Labute approximate surface area is 169 Å². The van der Waals surface area contributed by atoms with Crippen LogP contribution >= 0.6 is 0 Å². The molecule has 0 atom stereocenters. The summed E-state index contributed by atoms with van der Waals surface area (Å²) in [5.74, 6) is -1.31. The normalized spacial score (nSPS) is 14.3. The summed E-state index contributed by atoms with van der Waals surface area (Å²) in [5.41, 5.74) is 0.304. The number of anilines is 1. The molecule has 0 aromatic heterocycles. The zero-order valence-corrected chi connectivity index (χ0v) is 16.7. The van der Waals surface area contributed by atoms with Crippen LogP contribution in [0.1, 0.15) is 40.0 Å². The number of nitrogens with zero attached hydrogens (tertiary/aromatic N) is 1. The zero-order valence-electron chi connectivity index (χ0n) is 15.9. The Kier molecular flexibility index (Phi) is 6.07. The number of hydrogen-bond acceptors (Lipinski definition) is 5. The van der Waals surface area contributed by atoms with Gasteiger partial charge in [0.25, 0.3) is 15.9 Å². The number of amides is 1. The first-order chi connectivity index (χ1) is 13.8. The van der Waals surface area contributed by atoms with Gasteiger partial charge in [0, 0.05) is 24.3 Å². The molecule has 0 aliphatic carbocycles. The van der Waals surface area contributed by atoms with Crippen molar-refractivity contribution in [3.63, 3.8) is 0 Å². The van der Waals surface area contributed by atoms with E-state index in [1.807, 2.05) is 0 Å². The molecule has 2 aromatic carbocycles. The number of nitrogens with one attached hydrogen (secondary N) is 1. The molecular weight excluding hydrogens is 396 g/mol. The van der Waals surface area contributed by atoms with Crippen molar-refractivity contribution in [1.82, 2.24) is 4.90 Å². The summed E-state index contributed by atoms with van der Waals surface area (Å²) in [6.07, 6.45) is 2.92. The van der Waals surface area contributed by atoms with Gasteiger partial charge in [0.1, 0.15) is 10.6 Å². The van der Waals surface area contributed by atoms with Gasteiger partial charge in [-0.15, -0.1) is 0 Å². The van der Waals surface area contributed by atoms with E-state index >= 15 is 0 Å². The van der Waals surface area contributed by atoms with E-state index in [-0.39, 0.29) is 33.4 Å². The lowest BCUT2D eigenvalue weighted by atomic mass is 10.1. The summed E-state index contributed by atoms with van der Waals surface area (Å²) in [7, 11) is -2.79. The number of ether oxygens (including phenoxy) is 1. The standard InChI is InChI=1S/C20H22N2O6S/c1-28-17-9-8-14(19(23)22-10-3-2-4-11-22)13-18(17)29(26,27)21-16-7-5-6-15(12-16)20(24)25/h5-9,12-13,21H,2-4,10-11H2,1H3,(H,24,25). The van der Waals surface area contributed by atoms with Gasteiger partial charge in [-0.05, 0) is 55.7 Å². The maximum atomic E-state index is 13.0. The molecule has 1 saturated heterocycles. The number of carboxylic acid groups (broad SMARTS) is 1. The molecule has 3 rings (SSSR count). The molecular formula is C20H22N2O6S. The summed E-state index contributed by atoms with van der Waals surface area (Å²) in [6, 6.07) is 9.74. The lowest BCUT2D eigenvalue weighted by Gasteiger charge is -2.27. The minimum absolute atomic E-state index is 0.0498. The predicted octanol–water partition coefficient (Wildman–Crippen LogP) is 2.82. The van der Waals surface area contributed by atoms with E-state index in [1.54, 1.807) is 11.0 Å². The van der Waals surface area contributed by atoms with Crippen LogP contribution < -0.4 is 9.46 Å². The minimum Gasteiger partial charge on any atom is -0.495 e. The molecule has 2 N–H and O–H groups in total. The van der Waals surface area contributed by atoms with Gasteiger partial charge >= 0.3 is 5.97 Å². The van der Waals surface area contributed by atoms with E-state index in [4.69, 9.17) is 9.84 Å². The molecule has 1 aliphatic rings. The molecule has 1 fully saturated rings. The lowest BCUT2D eigenvalue weighted by molar-refractivity contribution is 0.0694. The highest BCUT2D eigenvalue weighted by atomic mass is 32.2. The smallest absolute Gasteiger partial charge is 0.335 e. The van der Waals surface area contributed by atoms with E-state index in [0.717, 1.165) is 19.3 Å². The van der Waals surface area contributed by atoms with E-state index in [2.05, 4.69) is 4.72 Å². The largest absolute Gasteiger partial charge is 0.495 e. The van der Waals surface area contributed by atoms with Crippen molar-refractivity contribution >= 4 is 27.6 Å². The van der Waals surface area contributed by atoms with Gasteiger partial charge in [-0.2, -0.15) is 0 Å². The van der Waals surface area contributed by atoms with Crippen molar-refractivity contribution in [3.8, 4) is 5.75 Å². The Bertz CT molecular complexity index is 1030. The monoisotopic (exact) mass is 418 g/mol. The summed E-state index contributed by atoms with van der Waals surface area (Å²) < 4.78 is 33.4. The average molecular weight is 418 g/mol. The fourth-order valence-corrected chi connectivity index (χ4v) is 4.47. The number of benzene rings is 2. The van der Waals surface area contributed by atoms with Crippen LogP contribution in [-0.2, 0) is 10.0 Å². The van der Waals surface area contributed by atoms with E-state index in [1.165, 1.54) is 43.5 Å². The SMILES string of the molecule is COc1ccc(C(=O)N2CCCCC2)cc1S(=O)(=O)Nc1cccc(C(=O)O)c1. The second kappa shape index (κ2) is 8.52. The fraction of sp³-hybridized carbons (Fsp3) is 0.300. The molecule has 0 spiro atoms. The highest BCUT2D eigenvalue weighted by molar-refractivity contribution is 7.92. The van der Waals surface area contributed by atoms with Crippen molar-refractivity contribution in [2.24, 2.45) is 0 Å². The molecule has 29 heavy (non-hydrogen) atoms. The van der Waals surface area contributed by atoms with Gasteiger partial charge in [0.2, 0.25) is 0 Å². The Morgan fingerprint density at radius 3 is 2.41 bits per heavy atom. The predicted molar refractivity (Wildman–Crippen MR) is 107 cm³/mol. The molecule has 1 heterocycles. The van der Waals surface area contributed by atoms with Crippen LogP contribution in [0.25, 0.3) is 0 Å². The molecule has 154 valence electrons. The Hall–Kier alpha value is -3.07. The van der Waals surface area contributed by atoms with Crippen LogP contribution in [0.5, 0.6) is 5.75 Å². The third kappa shape index (κ3) is 4.68. The van der Waals surface area contributed by atoms with E-state index in [9.17, 15) is 18.0 Å². The third-order valence-corrected chi connectivity index (χ3v) is 6.11. The van der Waals surface area contributed by atoms with Crippen molar-refractivity contribution < 1.29 is 27.9 Å². The Morgan fingerprint density at radius 1 is 1.03 bits per heavy atom. The molecule has 0 saturated carbocycles. The number of piperidine rings is 1. The third-order valence-electron chi connectivity index (χ3n) is 4.71. The number of carbonyl (C=O) groups excluding carboxylic acids is 1. The maximum Gasteiger partial charge on any atom is 0.335 e. The molecule has 0 radical (unpaired) electrons. The van der Waals surface area contributed by atoms with Crippen molar-refractivity contribution in [2.45, 2.75) is 24.2 Å². The number of sulfonamides is 1. The molecule has 1 aliphatic heterocycles. The fourth-order valence-electron chi connectivity index (χ4n) is 3.23. The second-order valence-electron chi connectivity index (χ2n) is 6.71. The van der Waals surface area contributed by atoms with Gasteiger partial charge in [0.05, 0.1) is 12.7 Å². The highest BCUT2D eigenvalue weighted by Gasteiger charge is 2.24. The van der Waals surface area contributed by atoms with Gasteiger partial charge in [-0.3, -0.25) is 9.52 Å². The van der Waals surface area contributed by atoms with E-state index < -0.39 is 16.0 Å². The minimum atomic E-state index is -4.12. The molecule has 2 aromatic rings. The topological polar surface area (TPSA) is 113 Å².